The third-order valence-corrected chi connectivity index (χ3v) is 8.88. The van der Waals surface area contributed by atoms with E-state index in [1.54, 1.807) is 23.1 Å². The topological polar surface area (TPSA) is 76.2 Å². The van der Waals surface area contributed by atoms with Crippen LogP contribution in [0.5, 0.6) is 11.5 Å². The molecule has 0 saturated carbocycles. The van der Waals surface area contributed by atoms with Gasteiger partial charge in [-0.1, -0.05) is 24.3 Å². The van der Waals surface area contributed by atoms with Crippen LogP contribution in [0.2, 0.25) is 0 Å². The van der Waals surface area contributed by atoms with Gasteiger partial charge in [-0.15, -0.1) is 0 Å². The minimum atomic E-state index is -3.70. The van der Waals surface area contributed by atoms with Crippen molar-refractivity contribution < 1.29 is 22.7 Å². The SMILES string of the molecule is O=C(c1ccc2c3c(cccc13)CC2)N1CCN(S(=O)(=O)c2ccc3c(c2)OCCCO3)CC1. The standard InChI is InChI=1S/C26H26N2O5S/c29-26(22-9-7-19-6-5-18-3-1-4-21(22)25(18)19)27-11-13-28(14-12-27)34(30,31)20-8-10-23-24(17-20)33-16-2-15-32-23/h1,3-4,7-10,17H,2,5-6,11-16H2. The fraction of sp³-hybridized carbons (Fsp3) is 0.346. The normalized spacial score (nSPS) is 18.2. The molecular formula is C26H26N2O5S. The van der Waals surface area contributed by atoms with Crippen LogP contribution in [-0.4, -0.2) is 62.9 Å². The monoisotopic (exact) mass is 478 g/mol. The third-order valence-electron chi connectivity index (χ3n) is 6.99. The molecule has 1 fully saturated rings. The highest BCUT2D eigenvalue weighted by molar-refractivity contribution is 7.89. The molecule has 1 amide bonds. The molecule has 6 rings (SSSR count). The van der Waals surface area contributed by atoms with E-state index in [0.29, 0.717) is 43.4 Å². The Morgan fingerprint density at radius 1 is 0.824 bits per heavy atom. The van der Waals surface area contributed by atoms with Gasteiger partial charge in [-0.3, -0.25) is 4.79 Å². The molecule has 0 bridgehead atoms. The van der Waals surface area contributed by atoms with Crippen LogP contribution < -0.4 is 9.47 Å². The predicted octanol–water partition coefficient (Wildman–Crippen LogP) is 3.25. The van der Waals surface area contributed by atoms with Gasteiger partial charge in [-0.25, -0.2) is 8.42 Å². The fourth-order valence-corrected chi connectivity index (χ4v) is 6.63. The Hall–Kier alpha value is -3.10. The number of fused-ring (bicyclic) bond motifs is 1. The molecule has 34 heavy (non-hydrogen) atoms. The highest BCUT2D eigenvalue weighted by Gasteiger charge is 2.32. The maximum Gasteiger partial charge on any atom is 0.254 e. The van der Waals surface area contributed by atoms with Crippen LogP contribution in [0.25, 0.3) is 10.8 Å². The fourth-order valence-electron chi connectivity index (χ4n) is 5.19. The van der Waals surface area contributed by atoms with Gasteiger partial charge in [0.25, 0.3) is 5.91 Å². The third kappa shape index (κ3) is 3.52. The van der Waals surface area contributed by atoms with Gasteiger partial charge in [0.05, 0.1) is 18.1 Å². The van der Waals surface area contributed by atoms with Crippen molar-refractivity contribution in [2.24, 2.45) is 0 Å². The van der Waals surface area contributed by atoms with Crippen LogP contribution in [0.15, 0.2) is 53.4 Å². The van der Waals surface area contributed by atoms with E-state index < -0.39 is 10.0 Å². The first-order valence-electron chi connectivity index (χ1n) is 11.7. The molecule has 3 aromatic rings. The highest BCUT2D eigenvalue weighted by atomic mass is 32.2. The Morgan fingerprint density at radius 3 is 2.35 bits per heavy atom. The zero-order valence-corrected chi connectivity index (χ0v) is 19.6. The Labute approximate surface area is 198 Å². The molecule has 2 heterocycles. The van der Waals surface area contributed by atoms with Crippen molar-refractivity contribution in [2.45, 2.75) is 24.2 Å². The minimum absolute atomic E-state index is 0.0387. The molecule has 0 atom stereocenters. The van der Waals surface area contributed by atoms with Gasteiger partial charge in [-0.2, -0.15) is 4.31 Å². The molecule has 0 radical (unpaired) electrons. The summed E-state index contributed by atoms with van der Waals surface area (Å²) in [5, 5.41) is 2.21. The van der Waals surface area contributed by atoms with Crippen molar-refractivity contribution in [1.29, 1.82) is 0 Å². The lowest BCUT2D eigenvalue weighted by Gasteiger charge is -2.34. The number of rotatable bonds is 3. The molecule has 0 N–H and O–H groups in total. The van der Waals surface area contributed by atoms with Crippen LogP contribution in [0, 0.1) is 0 Å². The molecule has 1 aliphatic carbocycles. The number of sulfonamides is 1. The van der Waals surface area contributed by atoms with E-state index in [-0.39, 0.29) is 23.9 Å². The van der Waals surface area contributed by atoms with Gasteiger partial charge in [0.2, 0.25) is 10.0 Å². The lowest BCUT2D eigenvalue weighted by atomic mass is 9.99. The number of carbonyl (C=O) groups is 1. The van der Waals surface area contributed by atoms with Gasteiger partial charge in [0.15, 0.2) is 11.5 Å². The summed E-state index contributed by atoms with van der Waals surface area (Å²) in [4.78, 5) is 15.4. The van der Waals surface area contributed by atoms with E-state index in [1.807, 2.05) is 18.2 Å². The molecule has 0 unspecified atom stereocenters. The molecule has 7 nitrogen and oxygen atoms in total. The zero-order chi connectivity index (χ0) is 23.3. The molecule has 3 aromatic carbocycles. The number of hydrogen-bond donors (Lipinski definition) is 0. The van der Waals surface area contributed by atoms with Crippen LogP contribution in [0.3, 0.4) is 0 Å². The van der Waals surface area contributed by atoms with Crippen LogP contribution in [0.4, 0.5) is 0 Å². The van der Waals surface area contributed by atoms with E-state index in [4.69, 9.17) is 9.47 Å². The lowest BCUT2D eigenvalue weighted by Crippen LogP contribution is -2.50. The Balaban J connectivity index is 1.20. The summed E-state index contributed by atoms with van der Waals surface area (Å²) in [6.45, 7) is 2.26. The van der Waals surface area contributed by atoms with Crippen molar-refractivity contribution in [3.05, 3.63) is 65.2 Å². The summed E-state index contributed by atoms with van der Waals surface area (Å²) in [5.41, 5.74) is 3.29. The molecule has 2 aliphatic heterocycles. The molecular weight excluding hydrogens is 452 g/mol. The predicted molar refractivity (Wildman–Crippen MR) is 128 cm³/mol. The molecule has 0 aromatic heterocycles. The molecule has 0 spiro atoms. The Kier molecular flexibility index (Phi) is 5.22. The van der Waals surface area contributed by atoms with Gasteiger partial charge >= 0.3 is 0 Å². The smallest absolute Gasteiger partial charge is 0.254 e. The number of benzene rings is 3. The Morgan fingerprint density at radius 2 is 1.56 bits per heavy atom. The average molecular weight is 479 g/mol. The summed E-state index contributed by atoms with van der Waals surface area (Å²) in [5.74, 6) is 0.986. The van der Waals surface area contributed by atoms with Crippen molar-refractivity contribution in [3.8, 4) is 11.5 Å². The van der Waals surface area contributed by atoms with E-state index in [2.05, 4.69) is 12.1 Å². The molecule has 176 valence electrons. The zero-order valence-electron chi connectivity index (χ0n) is 18.8. The average Bonchev–Trinajstić information content (AvgIpc) is 3.14. The largest absolute Gasteiger partial charge is 0.490 e. The number of carbonyl (C=O) groups excluding carboxylic acids is 1. The first kappa shape index (κ1) is 21.4. The number of aryl methyl sites for hydroxylation is 2. The number of ether oxygens (including phenoxy) is 2. The van der Waals surface area contributed by atoms with Gasteiger partial charge in [0.1, 0.15) is 0 Å². The van der Waals surface area contributed by atoms with E-state index in [0.717, 1.165) is 24.6 Å². The number of piperazine rings is 1. The van der Waals surface area contributed by atoms with Crippen LogP contribution in [-0.2, 0) is 22.9 Å². The van der Waals surface area contributed by atoms with Crippen molar-refractivity contribution in [2.75, 3.05) is 39.4 Å². The van der Waals surface area contributed by atoms with Gasteiger partial charge < -0.3 is 14.4 Å². The van der Waals surface area contributed by atoms with Crippen LogP contribution in [0.1, 0.15) is 27.9 Å². The Bertz CT molecular complexity index is 1380. The first-order valence-corrected chi connectivity index (χ1v) is 13.2. The second kappa shape index (κ2) is 8.29. The summed E-state index contributed by atoms with van der Waals surface area (Å²) < 4.78 is 39.3. The first-order chi connectivity index (χ1) is 16.5. The molecule has 3 aliphatic rings. The summed E-state index contributed by atoms with van der Waals surface area (Å²) >= 11 is 0. The maximum atomic E-state index is 13.4. The second-order valence-electron chi connectivity index (χ2n) is 8.97. The molecule has 8 heteroatoms. The van der Waals surface area contributed by atoms with E-state index >= 15 is 0 Å². The van der Waals surface area contributed by atoms with E-state index in [9.17, 15) is 13.2 Å². The quantitative estimate of drug-likeness (QED) is 0.578. The summed E-state index contributed by atoms with van der Waals surface area (Å²) in [6, 6.07) is 14.9. The minimum Gasteiger partial charge on any atom is -0.490 e. The lowest BCUT2D eigenvalue weighted by molar-refractivity contribution is 0.0700. The summed E-state index contributed by atoms with van der Waals surface area (Å²) in [6.07, 6.45) is 2.79. The van der Waals surface area contributed by atoms with Crippen LogP contribution >= 0.6 is 0 Å². The second-order valence-corrected chi connectivity index (χ2v) is 10.9. The van der Waals surface area contributed by atoms with E-state index in [1.165, 1.54) is 20.8 Å². The van der Waals surface area contributed by atoms with Crippen molar-refractivity contribution in [1.82, 2.24) is 9.21 Å². The highest BCUT2D eigenvalue weighted by Crippen LogP contribution is 2.35. The van der Waals surface area contributed by atoms with Crippen molar-refractivity contribution in [3.63, 3.8) is 0 Å². The summed E-state index contributed by atoms with van der Waals surface area (Å²) in [7, 11) is -3.70. The number of hydrogen-bond acceptors (Lipinski definition) is 5. The van der Waals surface area contributed by atoms with Gasteiger partial charge in [0, 0.05) is 44.2 Å². The molecule has 1 saturated heterocycles. The van der Waals surface area contributed by atoms with Crippen molar-refractivity contribution >= 4 is 26.7 Å². The maximum absolute atomic E-state index is 13.4. The number of amides is 1. The number of nitrogens with zero attached hydrogens (tertiary/aromatic N) is 2. The van der Waals surface area contributed by atoms with Gasteiger partial charge in [-0.05, 0) is 52.9 Å².